The SMILES string of the molecule is O=[N+]([O-])/C=C/c1ccc(OCc2cccc([N+](=O)[O-])c2)c(Br)c1. The lowest BCUT2D eigenvalue weighted by Gasteiger charge is -2.08. The van der Waals surface area contributed by atoms with Gasteiger partial charge in [-0.3, -0.25) is 20.2 Å². The first-order valence-corrected chi connectivity index (χ1v) is 7.22. The summed E-state index contributed by atoms with van der Waals surface area (Å²) in [5.74, 6) is 0.537. The van der Waals surface area contributed by atoms with Crippen molar-refractivity contribution >= 4 is 27.7 Å². The van der Waals surface area contributed by atoms with Crippen molar-refractivity contribution in [1.82, 2.24) is 0 Å². The van der Waals surface area contributed by atoms with E-state index in [0.717, 1.165) is 6.20 Å². The van der Waals surface area contributed by atoms with E-state index in [1.165, 1.54) is 18.2 Å². The maximum Gasteiger partial charge on any atom is 0.269 e. The van der Waals surface area contributed by atoms with E-state index >= 15 is 0 Å². The van der Waals surface area contributed by atoms with Crippen LogP contribution in [0.3, 0.4) is 0 Å². The number of non-ortho nitro benzene ring substituents is 1. The number of ether oxygens (including phenoxy) is 1. The number of nitro benzene ring substituents is 1. The fourth-order valence-corrected chi connectivity index (χ4v) is 2.32. The summed E-state index contributed by atoms with van der Waals surface area (Å²) in [4.78, 5) is 20.0. The molecule has 0 amide bonds. The van der Waals surface area contributed by atoms with Crippen LogP contribution >= 0.6 is 15.9 Å². The molecule has 0 N–H and O–H groups in total. The van der Waals surface area contributed by atoms with Crippen molar-refractivity contribution in [3.63, 3.8) is 0 Å². The molecule has 0 fully saturated rings. The van der Waals surface area contributed by atoms with Gasteiger partial charge in [0, 0.05) is 18.2 Å². The average Bonchev–Trinajstić information content (AvgIpc) is 2.52. The highest BCUT2D eigenvalue weighted by atomic mass is 79.9. The Hall–Kier alpha value is -2.74. The molecule has 23 heavy (non-hydrogen) atoms. The Morgan fingerprint density at radius 3 is 2.57 bits per heavy atom. The average molecular weight is 379 g/mol. The van der Waals surface area contributed by atoms with Crippen molar-refractivity contribution in [2.75, 3.05) is 0 Å². The van der Waals surface area contributed by atoms with Crippen LogP contribution in [0.25, 0.3) is 6.08 Å². The largest absolute Gasteiger partial charge is 0.488 e. The number of hydrogen-bond acceptors (Lipinski definition) is 5. The summed E-state index contributed by atoms with van der Waals surface area (Å²) in [5, 5.41) is 21.0. The normalized spacial score (nSPS) is 10.7. The summed E-state index contributed by atoms with van der Waals surface area (Å²) in [5.41, 5.74) is 1.32. The van der Waals surface area contributed by atoms with E-state index in [4.69, 9.17) is 4.74 Å². The lowest BCUT2D eigenvalue weighted by Crippen LogP contribution is -1.97. The second-order valence-electron chi connectivity index (χ2n) is 4.51. The van der Waals surface area contributed by atoms with Crippen LogP contribution in [0.15, 0.2) is 53.1 Å². The zero-order valence-electron chi connectivity index (χ0n) is 11.7. The zero-order valence-corrected chi connectivity index (χ0v) is 13.3. The van der Waals surface area contributed by atoms with E-state index in [1.54, 1.807) is 30.3 Å². The van der Waals surface area contributed by atoms with Crippen LogP contribution in [-0.2, 0) is 6.61 Å². The fraction of sp³-hybridized carbons (Fsp3) is 0.0667. The summed E-state index contributed by atoms with van der Waals surface area (Å²) >= 11 is 3.33. The highest BCUT2D eigenvalue weighted by molar-refractivity contribution is 9.10. The van der Waals surface area contributed by atoms with E-state index < -0.39 is 9.85 Å². The number of nitrogens with zero attached hydrogens (tertiary/aromatic N) is 2. The third kappa shape index (κ3) is 4.89. The predicted molar refractivity (Wildman–Crippen MR) is 87.6 cm³/mol. The molecule has 2 rings (SSSR count). The summed E-state index contributed by atoms with van der Waals surface area (Å²) in [6.45, 7) is 0.171. The number of hydrogen-bond donors (Lipinski definition) is 0. The lowest BCUT2D eigenvalue weighted by molar-refractivity contribution is -0.400. The van der Waals surface area contributed by atoms with Gasteiger partial charge in [0.2, 0.25) is 6.20 Å². The van der Waals surface area contributed by atoms with Gasteiger partial charge in [0.1, 0.15) is 12.4 Å². The molecule has 2 aromatic rings. The van der Waals surface area contributed by atoms with Gasteiger partial charge >= 0.3 is 0 Å². The van der Waals surface area contributed by atoms with E-state index in [9.17, 15) is 20.2 Å². The lowest BCUT2D eigenvalue weighted by atomic mass is 10.2. The minimum absolute atomic E-state index is 0.00503. The van der Waals surface area contributed by atoms with E-state index in [2.05, 4.69) is 15.9 Å². The summed E-state index contributed by atoms with van der Waals surface area (Å²) in [6.07, 6.45) is 2.22. The van der Waals surface area contributed by atoms with Gasteiger partial charge in [-0.2, -0.15) is 0 Å². The Balaban J connectivity index is 2.07. The molecule has 118 valence electrons. The molecule has 0 aliphatic heterocycles. The Bertz CT molecular complexity index is 776. The highest BCUT2D eigenvalue weighted by Gasteiger charge is 2.07. The predicted octanol–water partition coefficient (Wildman–Crippen LogP) is 4.18. The van der Waals surface area contributed by atoms with Crippen LogP contribution in [0, 0.1) is 20.2 Å². The summed E-state index contributed by atoms with van der Waals surface area (Å²) in [7, 11) is 0. The maximum absolute atomic E-state index is 10.7. The van der Waals surface area contributed by atoms with Gasteiger partial charge in [-0.15, -0.1) is 0 Å². The number of benzene rings is 2. The number of nitro groups is 2. The zero-order chi connectivity index (χ0) is 16.8. The molecule has 0 atom stereocenters. The minimum atomic E-state index is -0.541. The molecule has 0 aliphatic rings. The fourth-order valence-electron chi connectivity index (χ4n) is 1.81. The molecule has 0 heterocycles. The number of halogens is 1. The van der Waals surface area contributed by atoms with Gasteiger partial charge in [-0.1, -0.05) is 18.2 Å². The monoisotopic (exact) mass is 378 g/mol. The minimum Gasteiger partial charge on any atom is -0.488 e. The first-order valence-electron chi connectivity index (χ1n) is 6.43. The molecule has 8 heteroatoms. The Morgan fingerprint density at radius 2 is 1.91 bits per heavy atom. The maximum atomic E-state index is 10.7. The van der Waals surface area contributed by atoms with E-state index in [1.807, 2.05) is 0 Å². The van der Waals surface area contributed by atoms with Crippen molar-refractivity contribution in [3.05, 3.63) is 84.5 Å². The second kappa shape index (κ2) is 7.50. The van der Waals surface area contributed by atoms with Gasteiger partial charge in [-0.05, 0) is 39.2 Å². The highest BCUT2D eigenvalue weighted by Crippen LogP contribution is 2.27. The standard InChI is InChI=1S/C15H11BrN2O5/c16-14-9-11(6-7-17(19)20)4-5-15(14)23-10-12-2-1-3-13(8-12)18(21)22/h1-9H,10H2/b7-6+. The number of rotatable bonds is 6. The molecule has 0 radical (unpaired) electrons. The Kier molecular flexibility index (Phi) is 5.42. The molecule has 0 bridgehead atoms. The van der Waals surface area contributed by atoms with Gasteiger partial charge in [0.15, 0.2) is 0 Å². The van der Waals surface area contributed by atoms with Gasteiger partial charge in [-0.25, -0.2) is 0 Å². The van der Waals surface area contributed by atoms with Crippen molar-refractivity contribution in [1.29, 1.82) is 0 Å². The molecular weight excluding hydrogens is 368 g/mol. The van der Waals surface area contributed by atoms with Crippen molar-refractivity contribution in [2.24, 2.45) is 0 Å². The topological polar surface area (TPSA) is 95.5 Å². The van der Waals surface area contributed by atoms with Crippen LogP contribution in [0.4, 0.5) is 5.69 Å². The van der Waals surface area contributed by atoms with Crippen LogP contribution in [-0.4, -0.2) is 9.85 Å². The first kappa shape index (κ1) is 16.6. The van der Waals surface area contributed by atoms with Crippen LogP contribution in [0.2, 0.25) is 0 Å². The molecule has 0 saturated carbocycles. The third-order valence-electron chi connectivity index (χ3n) is 2.86. The summed E-state index contributed by atoms with van der Waals surface area (Å²) in [6, 6.07) is 11.2. The first-order chi connectivity index (χ1) is 11.0. The molecule has 0 aliphatic carbocycles. The quantitative estimate of drug-likeness (QED) is 0.554. The third-order valence-corrected chi connectivity index (χ3v) is 3.48. The molecule has 0 saturated heterocycles. The smallest absolute Gasteiger partial charge is 0.269 e. The Morgan fingerprint density at radius 1 is 1.13 bits per heavy atom. The molecule has 0 spiro atoms. The molecular formula is C15H11BrN2O5. The molecule has 0 unspecified atom stereocenters. The van der Waals surface area contributed by atoms with Crippen molar-refractivity contribution in [2.45, 2.75) is 6.61 Å². The molecule has 0 aromatic heterocycles. The van der Waals surface area contributed by atoms with Crippen LogP contribution < -0.4 is 4.74 Å². The van der Waals surface area contributed by atoms with Gasteiger partial charge in [0.05, 0.1) is 14.3 Å². The second-order valence-corrected chi connectivity index (χ2v) is 5.36. The molecule has 2 aromatic carbocycles. The molecule has 7 nitrogen and oxygen atoms in total. The van der Waals surface area contributed by atoms with Gasteiger partial charge < -0.3 is 4.74 Å². The van der Waals surface area contributed by atoms with Crippen LogP contribution in [0.1, 0.15) is 11.1 Å². The van der Waals surface area contributed by atoms with Crippen molar-refractivity contribution < 1.29 is 14.6 Å². The Labute approximate surface area is 139 Å². The van der Waals surface area contributed by atoms with E-state index in [0.29, 0.717) is 21.3 Å². The summed E-state index contributed by atoms with van der Waals surface area (Å²) < 4.78 is 6.24. The van der Waals surface area contributed by atoms with Gasteiger partial charge in [0.25, 0.3) is 5.69 Å². The van der Waals surface area contributed by atoms with Crippen LogP contribution in [0.5, 0.6) is 5.75 Å². The van der Waals surface area contributed by atoms with Crippen molar-refractivity contribution in [3.8, 4) is 5.75 Å². The van der Waals surface area contributed by atoms with E-state index in [-0.39, 0.29) is 12.3 Å².